The van der Waals surface area contributed by atoms with Crippen LogP contribution in [0.25, 0.3) is 11.0 Å². The Hall–Kier alpha value is -1.49. The first-order valence-electron chi connectivity index (χ1n) is 7.54. The van der Waals surface area contributed by atoms with Gasteiger partial charge in [-0.25, -0.2) is 4.98 Å². The Morgan fingerprint density at radius 2 is 2.10 bits per heavy atom. The van der Waals surface area contributed by atoms with Crippen LogP contribution in [0.3, 0.4) is 0 Å². The van der Waals surface area contributed by atoms with Gasteiger partial charge in [0.25, 0.3) is 0 Å². The molecule has 1 unspecified atom stereocenters. The zero-order chi connectivity index (χ0) is 15.2. The predicted octanol–water partition coefficient (Wildman–Crippen LogP) is 3.58. The summed E-state index contributed by atoms with van der Waals surface area (Å²) in [6.07, 6.45) is 4.84. The summed E-state index contributed by atoms with van der Waals surface area (Å²) in [6.45, 7) is 4.98. The van der Waals surface area contributed by atoms with Gasteiger partial charge in [0.05, 0.1) is 16.3 Å². The van der Waals surface area contributed by atoms with Gasteiger partial charge in [-0.1, -0.05) is 50.1 Å². The topological polar surface area (TPSA) is 60.9 Å². The monoisotopic (exact) mass is 305 g/mol. The highest BCUT2D eigenvalue weighted by atomic mass is 32.2. The zero-order valence-electron chi connectivity index (χ0n) is 12.7. The second-order valence-electron chi connectivity index (χ2n) is 5.26. The van der Waals surface area contributed by atoms with Crippen LogP contribution in [0.5, 0.6) is 0 Å². The fourth-order valence-electron chi connectivity index (χ4n) is 2.27. The van der Waals surface area contributed by atoms with Gasteiger partial charge in [-0.05, 0) is 25.5 Å². The Morgan fingerprint density at radius 1 is 1.33 bits per heavy atom. The zero-order valence-corrected chi connectivity index (χ0v) is 13.5. The molecule has 1 aromatic heterocycles. The van der Waals surface area contributed by atoms with Crippen molar-refractivity contribution in [2.75, 3.05) is 0 Å². The number of para-hydroxylation sites is 2. The Labute approximate surface area is 130 Å². The average molecular weight is 305 g/mol. The maximum Gasteiger partial charge on any atom is 0.230 e. The third kappa shape index (κ3) is 4.00. The maximum atomic E-state index is 11.3. The minimum absolute atomic E-state index is 0.267. The van der Waals surface area contributed by atoms with Gasteiger partial charge in [-0.15, -0.1) is 0 Å². The number of hydrogen-bond acceptors (Lipinski definition) is 3. The number of unbranched alkanes of at least 4 members (excludes halogenated alkanes) is 3. The van der Waals surface area contributed by atoms with Crippen LogP contribution in [0.15, 0.2) is 29.4 Å². The molecule has 21 heavy (non-hydrogen) atoms. The summed E-state index contributed by atoms with van der Waals surface area (Å²) in [7, 11) is 0. The number of fused-ring (bicyclic) bond motifs is 1. The molecular formula is C16H23N3OS. The molecular weight excluding hydrogens is 282 g/mol. The molecule has 1 amide bonds. The molecule has 0 aliphatic heterocycles. The van der Waals surface area contributed by atoms with Gasteiger partial charge in [0, 0.05) is 6.54 Å². The van der Waals surface area contributed by atoms with E-state index in [-0.39, 0.29) is 11.2 Å². The van der Waals surface area contributed by atoms with Gasteiger partial charge in [0.15, 0.2) is 5.16 Å². The lowest BCUT2D eigenvalue weighted by Crippen LogP contribution is -2.23. The normalized spacial score (nSPS) is 12.7. The van der Waals surface area contributed by atoms with E-state index < -0.39 is 0 Å². The first-order valence-corrected chi connectivity index (χ1v) is 8.42. The molecule has 0 fully saturated rings. The van der Waals surface area contributed by atoms with Crippen molar-refractivity contribution in [1.82, 2.24) is 9.55 Å². The molecule has 0 bridgehead atoms. The average Bonchev–Trinajstić information content (AvgIpc) is 2.81. The molecule has 4 nitrogen and oxygen atoms in total. The van der Waals surface area contributed by atoms with Crippen LogP contribution in [-0.4, -0.2) is 20.7 Å². The smallest absolute Gasteiger partial charge is 0.230 e. The third-order valence-electron chi connectivity index (χ3n) is 3.54. The van der Waals surface area contributed by atoms with E-state index in [9.17, 15) is 4.79 Å². The second kappa shape index (κ2) is 7.50. The van der Waals surface area contributed by atoms with Crippen LogP contribution in [0.2, 0.25) is 0 Å². The van der Waals surface area contributed by atoms with Crippen molar-refractivity contribution in [1.29, 1.82) is 0 Å². The van der Waals surface area contributed by atoms with Crippen molar-refractivity contribution in [2.45, 2.75) is 56.5 Å². The minimum Gasteiger partial charge on any atom is -0.369 e. The van der Waals surface area contributed by atoms with Crippen LogP contribution in [0.4, 0.5) is 0 Å². The molecule has 0 saturated heterocycles. The Morgan fingerprint density at radius 3 is 2.81 bits per heavy atom. The molecule has 1 heterocycles. The number of amides is 1. The van der Waals surface area contributed by atoms with E-state index in [1.54, 1.807) is 0 Å². The van der Waals surface area contributed by atoms with Crippen molar-refractivity contribution in [2.24, 2.45) is 5.73 Å². The van der Waals surface area contributed by atoms with E-state index in [0.717, 1.165) is 29.2 Å². The lowest BCUT2D eigenvalue weighted by molar-refractivity contribution is -0.117. The van der Waals surface area contributed by atoms with Crippen LogP contribution in [-0.2, 0) is 11.3 Å². The van der Waals surface area contributed by atoms with Gasteiger partial charge in [0.2, 0.25) is 5.91 Å². The number of rotatable bonds is 8. The summed E-state index contributed by atoms with van der Waals surface area (Å²) in [5, 5.41) is 0.621. The number of imidazole rings is 1. The summed E-state index contributed by atoms with van der Waals surface area (Å²) in [6, 6.07) is 8.11. The highest BCUT2D eigenvalue weighted by Crippen LogP contribution is 2.27. The molecule has 114 valence electrons. The van der Waals surface area contributed by atoms with E-state index in [1.807, 2.05) is 25.1 Å². The summed E-state index contributed by atoms with van der Waals surface area (Å²) >= 11 is 1.45. The lowest BCUT2D eigenvalue weighted by atomic mass is 10.2. The lowest BCUT2D eigenvalue weighted by Gasteiger charge is -2.11. The number of benzene rings is 1. The fraction of sp³-hybridized carbons (Fsp3) is 0.500. The van der Waals surface area contributed by atoms with Crippen LogP contribution >= 0.6 is 11.8 Å². The first kappa shape index (κ1) is 15.9. The summed E-state index contributed by atoms with van der Waals surface area (Å²) < 4.78 is 2.22. The van der Waals surface area contributed by atoms with Crippen LogP contribution in [0.1, 0.15) is 39.5 Å². The number of aromatic nitrogens is 2. The van der Waals surface area contributed by atoms with E-state index in [0.29, 0.717) is 0 Å². The number of carbonyl (C=O) groups excluding carboxylic acids is 1. The molecule has 5 heteroatoms. The third-order valence-corrected chi connectivity index (χ3v) is 4.65. The number of carbonyl (C=O) groups is 1. The van der Waals surface area contributed by atoms with Crippen molar-refractivity contribution in [3.05, 3.63) is 24.3 Å². The molecule has 2 N–H and O–H groups in total. The summed E-state index contributed by atoms with van der Waals surface area (Å²) in [4.78, 5) is 15.9. The second-order valence-corrected chi connectivity index (χ2v) is 6.57. The Bertz CT molecular complexity index is 609. The Balaban J connectivity index is 2.23. The molecule has 0 aliphatic carbocycles. The summed E-state index contributed by atoms with van der Waals surface area (Å²) in [5.74, 6) is -0.301. The largest absolute Gasteiger partial charge is 0.369 e. The predicted molar refractivity (Wildman–Crippen MR) is 88.4 cm³/mol. The number of nitrogens with two attached hydrogens (primary N) is 1. The molecule has 1 aromatic carbocycles. The number of nitrogens with zero attached hydrogens (tertiary/aromatic N) is 2. The van der Waals surface area contributed by atoms with E-state index in [4.69, 9.17) is 5.73 Å². The molecule has 0 saturated carbocycles. The highest BCUT2D eigenvalue weighted by Gasteiger charge is 2.17. The first-order chi connectivity index (χ1) is 10.1. The van der Waals surface area contributed by atoms with E-state index in [1.165, 1.54) is 31.0 Å². The maximum absolute atomic E-state index is 11.3. The van der Waals surface area contributed by atoms with Crippen molar-refractivity contribution >= 4 is 28.7 Å². The minimum atomic E-state index is -0.301. The van der Waals surface area contributed by atoms with Gasteiger partial charge in [-0.3, -0.25) is 4.79 Å². The van der Waals surface area contributed by atoms with Crippen molar-refractivity contribution in [3.8, 4) is 0 Å². The molecule has 2 rings (SSSR count). The van der Waals surface area contributed by atoms with Crippen LogP contribution < -0.4 is 5.73 Å². The number of primary amides is 1. The van der Waals surface area contributed by atoms with E-state index in [2.05, 4.69) is 22.5 Å². The summed E-state index contributed by atoms with van der Waals surface area (Å²) in [5.41, 5.74) is 7.48. The van der Waals surface area contributed by atoms with Gasteiger partial charge >= 0.3 is 0 Å². The quantitative estimate of drug-likeness (QED) is 0.599. The van der Waals surface area contributed by atoms with Gasteiger partial charge < -0.3 is 10.3 Å². The SMILES string of the molecule is CCCCCCn1c(SC(C)C(N)=O)nc2ccccc21. The van der Waals surface area contributed by atoms with Crippen molar-refractivity contribution < 1.29 is 4.79 Å². The van der Waals surface area contributed by atoms with E-state index >= 15 is 0 Å². The number of hydrogen-bond donors (Lipinski definition) is 1. The fourth-order valence-corrected chi connectivity index (χ4v) is 3.17. The highest BCUT2D eigenvalue weighted by molar-refractivity contribution is 8.00. The molecule has 0 radical (unpaired) electrons. The van der Waals surface area contributed by atoms with Gasteiger partial charge in [0.1, 0.15) is 0 Å². The van der Waals surface area contributed by atoms with Gasteiger partial charge in [-0.2, -0.15) is 0 Å². The standard InChI is InChI=1S/C16H23N3OS/c1-3-4-5-8-11-19-14-10-7-6-9-13(14)18-16(19)21-12(2)15(17)20/h6-7,9-10,12H,3-5,8,11H2,1-2H3,(H2,17,20). The molecule has 0 spiro atoms. The van der Waals surface area contributed by atoms with Crippen molar-refractivity contribution in [3.63, 3.8) is 0 Å². The number of thioether (sulfide) groups is 1. The van der Waals surface area contributed by atoms with Crippen LogP contribution in [0, 0.1) is 0 Å². The molecule has 0 aliphatic rings. The Kier molecular flexibility index (Phi) is 5.67. The molecule has 2 aromatic rings. The number of aryl methyl sites for hydroxylation is 1. The molecule has 1 atom stereocenters.